The molecule has 0 spiro atoms. The minimum Gasteiger partial charge on any atom is -0.464 e. The van der Waals surface area contributed by atoms with Crippen LogP contribution in [0.2, 0.25) is 0 Å². The minimum absolute atomic E-state index is 0.119. The molecule has 0 N–H and O–H groups in total. The summed E-state index contributed by atoms with van der Waals surface area (Å²) in [6, 6.07) is -0.258. The number of morpholine rings is 1. The first-order chi connectivity index (χ1) is 7.65. The standard InChI is InChI=1S/C11H21NO4/c1-9(14-3)4-6-16-11(13)10-8-15-7-5-12(10)2/h9-10H,4-8H2,1-3H3/t9-,10+/m0/s1. The van der Waals surface area contributed by atoms with Crippen molar-refractivity contribution in [2.24, 2.45) is 0 Å². The third-order valence-corrected chi connectivity index (χ3v) is 2.84. The molecule has 1 fully saturated rings. The molecule has 16 heavy (non-hydrogen) atoms. The number of carbonyl (C=O) groups is 1. The molecule has 5 heteroatoms. The lowest BCUT2D eigenvalue weighted by molar-refractivity contribution is -0.155. The molecule has 94 valence electrons. The summed E-state index contributed by atoms with van der Waals surface area (Å²) in [5, 5.41) is 0. The lowest BCUT2D eigenvalue weighted by Crippen LogP contribution is -2.48. The van der Waals surface area contributed by atoms with Gasteiger partial charge in [0.15, 0.2) is 0 Å². The number of carbonyl (C=O) groups excluding carboxylic acids is 1. The maximum absolute atomic E-state index is 11.7. The second kappa shape index (κ2) is 6.83. The Morgan fingerprint density at radius 1 is 1.62 bits per heavy atom. The van der Waals surface area contributed by atoms with Gasteiger partial charge in [-0.1, -0.05) is 0 Å². The molecule has 1 rings (SSSR count). The van der Waals surface area contributed by atoms with Crippen LogP contribution in [-0.4, -0.2) is 63.5 Å². The predicted octanol–water partition coefficient (Wildman–Crippen LogP) is 0.285. The summed E-state index contributed by atoms with van der Waals surface area (Å²) < 4.78 is 15.5. The summed E-state index contributed by atoms with van der Waals surface area (Å²) in [6.07, 6.45) is 0.840. The van der Waals surface area contributed by atoms with E-state index in [0.29, 0.717) is 19.8 Å². The van der Waals surface area contributed by atoms with E-state index in [1.165, 1.54) is 0 Å². The van der Waals surface area contributed by atoms with E-state index in [1.54, 1.807) is 7.11 Å². The van der Waals surface area contributed by atoms with Crippen LogP contribution >= 0.6 is 0 Å². The number of hydrogen-bond donors (Lipinski definition) is 0. The number of hydrogen-bond acceptors (Lipinski definition) is 5. The molecule has 0 aromatic carbocycles. The van der Waals surface area contributed by atoms with Crippen LogP contribution in [-0.2, 0) is 19.0 Å². The largest absolute Gasteiger partial charge is 0.464 e. The van der Waals surface area contributed by atoms with E-state index in [-0.39, 0.29) is 18.1 Å². The van der Waals surface area contributed by atoms with Gasteiger partial charge in [0.05, 0.1) is 25.9 Å². The van der Waals surface area contributed by atoms with Crippen LogP contribution < -0.4 is 0 Å². The predicted molar refractivity (Wildman–Crippen MR) is 59.3 cm³/mol. The Morgan fingerprint density at radius 3 is 3.00 bits per heavy atom. The summed E-state index contributed by atoms with van der Waals surface area (Å²) >= 11 is 0. The molecule has 5 nitrogen and oxygen atoms in total. The number of ether oxygens (including phenoxy) is 3. The quantitative estimate of drug-likeness (QED) is 0.636. The first kappa shape index (κ1) is 13.4. The Labute approximate surface area is 96.6 Å². The molecule has 1 aliphatic rings. The third-order valence-electron chi connectivity index (χ3n) is 2.84. The van der Waals surface area contributed by atoms with Gasteiger partial charge in [0, 0.05) is 20.1 Å². The van der Waals surface area contributed by atoms with E-state index in [1.807, 2.05) is 18.9 Å². The number of likely N-dealkylation sites (N-methyl/N-ethyl adjacent to an activating group) is 1. The fraction of sp³-hybridized carbons (Fsp3) is 0.909. The van der Waals surface area contributed by atoms with Crippen molar-refractivity contribution < 1.29 is 19.0 Å². The van der Waals surface area contributed by atoms with Gasteiger partial charge in [-0.15, -0.1) is 0 Å². The first-order valence-electron chi connectivity index (χ1n) is 5.62. The number of esters is 1. The fourth-order valence-electron chi connectivity index (χ4n) is 1.47. The van der Waals surface area contributed by atoms with Gasteiger partial charge in [-0.3, -0.25) is 9.69 Å². The van der Waals surface area contributed by atoms with E-state index in [0.717, 1.165) is 13.0 Å². The zero-order valence-corrected chi connectivity index (χ0v) is 10.3. The number of nitrogens with zero attached hydrogens (tertiary/aromatic N) is 1. The Bertz CT molecular complexity index is 222. The third kappa shape index (κ3) is 4.08. The highest BCUT2D eigenvalue weighted by Crippen LogP contribution is 2.06. The molecule has 2 atom stereocenters. The topological polar surface area (TPSA) is 48.0 Å². The van der Waals surface area contributed by atoms with Crippen molar-refractivity contribution in [1.82, 2.24) is 4.90 Å². The lowest BCUT2D eigenvalue weighted by Gasteiger charge is -2.30. The zero-order chi connectivity index (χ0) is 12.0. The van der Waals surface area contributed by atoms with Crippen molar-refractivity contribution >= 4 is 5.97 Å². The molecule has 0 aromatic heterocycles. The molecule has 0 aromatic rings. The molecule has 0 amide bonds. The SMILES string of the molecule is CO[C@@H](C)CCOC(=O)[C@H]1COCCN1C. The summed E-state index contributed by atoms with van der Waals surface area (Å²) in [5.74, 6) is -0.203. The fourth-order valence-corrected chi connectivity index (χ4v) is 1.47. The minimum atomic E-state index is -0.258. The molecule has 1 heterocycles. The Hall–Kier alpha value is -0.650. The summed E-state index contributed by atoms with van der Waals surface area (Å²) in [5.41, 5.74) is 0. The van der Waals surface area contributed by atoms with Gasteiger partial charge < -0.3 is 14.2 Å². The second-order valence-electron chi connectivity index (χ2n) is 4.07. The van der Waals surface area contributed by atoms with Gasteiger partial charge in [0.25, 0.3) is 0 Å². The van der Waals surface area contributed by atoms with Crippen LogP contribution in [0.15, 0.2) is 0 Å². The summed E-state index contributed by atoms with van der Waals surface area (Å²) in [7, 11) is 3.56. The highest BCUT2D eigenvalue weighted by atomic mass is 16.5. The Kier molecular flexibility index (Phi) is 5.73. The zero-order valence-electron chi connectivity index (χ0n) is 10.3. The molecule has 1 saturated heterocycles. The van der Waals surface area contributed by atoms with Crippen molar-refractivity contribution in [2.75, 3.05) is 40.5 Å². The molecular formula is C11H21NO4. The molecule has 0 unspecified atom stereocenters. The molecule has 0 saturated carbocycles. The van der Waals surface area contributed by atoms with Crippen LogP contribution in [0.1, 0.15) is 13.3 Å². The van der Waals surface area contributed by atoms with Gasteiger partial charge in [-0.2, -0.15) is 0 Å². The van der Waals surface area contributed by atoms with Gasteiger partial charge in [-0.25, -0.2) is 0 Å². The molecular weight excluding hydrogens is 210 g/mol. The van der Waals surface area contributed by atoms with E-state index in [4.69, 9.17) is 14.2 Å². The maximum Gasteiger partial charge on any atom is 0.325 e. The van der Waals surface area contributed by atoms with Gasteiger partial charge in [0.2, 0.25) is 0 Å². The lowest BCUT2D eigenvalue weighted by atomic mass is 10.2. The van der Waals surface area contributed by atoms with Gasteiger partial charge in [0.1, 0.15) is 6.04 Å². The van der Waals surface area contributed by atoms with E-state index in [9.17, 15) is 4.79 Å². The van der Waals surface area contributed by atoms with Crippen LogP contribution in [0, 0.1) is 0 Å². The van der Waals surface area contributed by atoms with E-state index < -0.39 is 0 Å². The summed E-state index contributed by atoms with van der Waals surface area (Å²) in [6.45, 7) is 4.23. The van der Waals surface area contributed by atoms with Crippen LogP contribution in [0.4, 0.5) is 0 Å². The number of methoxy groups -OCH3 is 1. The summed E-state index contributed by atoms with van der Waals surface area (Å²) in [4.78, 5) is 13.7. The first-order valence-corrected chi connectivity index (χ1v) is 5.62. The van der Waals surface area contributed by atoms with Crippen LogP contribution in [0.5, 0.6) is 0 Å². The Balaban J connectivity index is 2.23. The average molecular weight is 231 g/mol. The molecule has 0 bridgehead atoms. The monoisotopic (exact) mass is 231 g/mol. The van der Waals surface area contributed by atoms with E-state index >= 15 is 0 Å². The number of rotatable bonds is 5. The Morgan fingerprint density at radius 2 is 2.38 bits per heavy atom. The van der Waals surface area contributed by atoms with Gasteiger partial charge in [-0.05, 0) is 14.0 Å². The van der Waals surface area contributed by atoms with Crippen molar-refractivity contribution in [1.29, 1.82) is 0 Å². The van der Waals surface area contributed by atoms with Gasteiger partial charge >= 0.3 is 5.97 Å². The normalized spacial score (nSPS) is 24.1. The maximum atomic E-state index is 11.7. The molecule has 0 radical (unpaired) electrons. The second-order valence-corrected chi connectivity index (χ2v) is 4.07. The smallest absolute Gasteiger partial charge is 0.325 e. The highest BCUT2D eigenvalue weighted by Gasteiger charge is 2.27. The van der Waals surface area contributed by atoms with Crippen molar-refractivity contribution in [3.8, 4) is 0 Å². The molecule has 1 aliphatic heterocycles. The van der Waals surface area contributed by atoms with Crippen molar-refractivity contribution in [2.45, 2.75) is 25.5 Å². The average Bonchev–Trinajstić information content (AvgIpc) is 2.29. The molecule has 0 aliphatic carbocycles. The highest BCUT2D eigenvalue weighted by molar-refractivity contribution is 5.76. The van der Waals surface area contributed by atoms with Crippen LogP contribution in [0.25, 0.3) is 0 Å². The van der Waals surface area contributed by atoms with E-state index in [2.05, 4.69) is 0 Å². The van der Waals surface area contributed by atoms with Crippen molar-refractivity contribution in [3.05, 3.63) is 0 Å². The van der Waals surface area contributed by atoms with Crippen molar-refractivity contribution in [3.63, 3.8) is 0 Å². The van der Waals surface area contributed by atoms with Crippen LogP contribution in [0.3, 0.4) is 0 Å².